The Morgan fingerprint density at radius 2 is 1.89 bits per heavy atom. The standard InChI is InChI=1S/C13H13N3O3/c14-13(4-1-5-13)12(19)15-7-2-3-8-9(6-7)11(18)16-10(8)17/h2-3,6H,1,4-5,14H2,(H,15,19)(H,16,17,18). The Bertz CT molecular complexity index is 605. The molecule has 3 rings (SSSR count). The lowest BCUT2D eigenvalue weighted by Gasteiger charge is -2.36. The summed E-state index contributed by atoms with van der Waals surface area (Å²) in [5.41, 5.74) is 6.20. The van der Waals surface area contributed by atoms with Crippen molar-refractivity contribution in [1.29, 1.82) is 0 Å². The van der Waals surface area contributed by atoms with Crippen molar-refractivity contribution in [1.82, 2.24) is 5.32 Å². The molecule has 6 nitrogen and oxygen atoms in total. The number of rotatable bonds is 2. The van der Waals surface area contributed by atoms with Crippen molar-refractivity contribution < 1.29 is 14.4 Å². The van der Waals surface area contributed by atoms with Crippen LogP contribution in [0, 0.1) is 0 Å². The van der Waals surface area contributed by atoms with Gasteiger partial charge in [0.25, 0.3) is 11.8 Å². The third kappa shape index (κ3) is 1.80. The van der Waals surface area contributed by atoms with Crippen LogP contribution in [-0.4, -0.2) is 23.3 Å². The summed E-state index contributed by atoms with van der Waals surface area (Å²) in [7, 11) is 0. The van der Waals surface area contributed by atoms with E-state index in [9.17, 15) is 14.4 Å². The molecule has 1 aromatic rings. The number of fused-ring (bicyclic) bond motifs is 1. The van der Waals surface area contributed by atoms with E-state index >= 15 is 0 Å². The SMILES string of the molecule is NC1(C(=O)Nc2ccc3c(c2)C(=O)NC3=O)CCC1. The number of imide groups is 1. The van der Waals surface area contributed by atoms with Crippen LogP contribution >= 0.6 is 0 Å². The largest absolute Gasteiger partial charge is 0.324 e. The molecule has 1 fully saturated rings. The van der Waals surface area contributed by atoms with Crippen LogP contribution in [0.15, 0.2) is 18.2 Å². The number of nitrogens with two attached hydrogens (primary N) is 1. The van der Waals surface area contributed by atoms with Gasteiger partial charge >= 0.3 is 0 Å². The number of benzene rings is 1. The van der Waals surface area contributed by atoms with E-state index in [-0.39, 0.29) is 11.5 Å². The van der Waals surface area contributed by atoms with Gasteiger partial charge in [-0.25, -0.2) is 0 Å². The molecule has 0 unspecified atom stereocenters. The molecule has 98 valence electrons. The van der Waals surface area contributed by atoms with Crippen LogP contribution in [0.3, 0.4) is 0 Å². The molecule has 0 saturated heterocycles. The van der Waals surface area contributed by atoms with E-state index in [1.54, 1.807) is 6.07 Å². The summed E-state index contributed by atoms with van der Waals surface area (Å²) in [6.45, 7) is 0. The molecule has 4 N–H and O–H groups in total. The lowest BCUT2D eigenvalue weighted by molar-refractivity contribution is -0.123. The van der Waals surface area contributed by atoms with Gasteiger partial charge in [-0.3, -0.25) is 19.7 Å². The van der Waals surface area contributed by atoms with Crippen LogP contribution < -0.4 is 16.4 Å². The molecule has 1 aliphatic carbocycles. The zero-order chi connectivity index (χ0) is 13.6. The fourth-order valence-electron chi connectivity index (χ4n) is 2.29. The second-order valence-electron chi connectivity index (χ2n) is 5.01. The van der Waals surface area contributed by atoms with E-state index in [0.29, 0.717) is 24.1 Å². The van der Waals surface area contributed by atoms with Crippen LogP contribution in [0.4, 0.5) is 5.69 Å². The minimum atomic E-state index is -0.795. The Hall–Kier alpha value is -2.21. The molecule has 1 aliphatic heterocycles. The highest BCUT2D eigenvalue weighted by Gasteiger charge is 2.40. The van der Waals surface area contributed by atoms with E-state index in [2.05, 4.69) is 10.6 Å². The number of hydrogen-bond acceptors (Lipinski definition) is 4. The molecule has 0 atom stereocenters. The summed E-state index contributed by atoms with van der Waals surface area (Å²) in [6, 6.07) is 4.61. The molecule has 19 heavy (non-hydrogen) atoms. The first-order valence-electron chi connectivity index (χ1n) is 6.10. The van der Waals surface area contributed by atoms with Crippen LogP contribution in [0.1, 0.15) is 40.0 Å². The number of amides is 3. The maximum Gasteiger partial charge on any atom is 0.259 e. The Balaban J connectivity index is 1.84. The predicted molar refractivity (Wildman–Crippen MR) is 67.6 cm³/mol. The van der Waals surface area contributed by atoms with E-state index < -0.39 is 17.4 Å². The van der Waals surface area contributed by atoms with E-state index in [1.165, 1.54) is 12.1 Å². The van der Waals surface area contributed by atoms with Crippen molar-refractivity contribution in [3.63, 3.8) is 0 Å². The van der Waals surface area contributed by atoms with Gasteiger partial charge in [0.1, 0.15) is 0 Å². The molecule has 3 amide bonds. The zero-order valence-electron chi connectivity index (χ0n) is 10.2. The molecule has 0 aromatic heterocycles. The molecule has 1 saturated carbocycles. The average Bonchev–Trinajstić information content (AvgIpc) is 2.62. The molecule has 1 aromatic carbocycles. The van der Waals surface area contributed by atoms with Crippen LogP contribution in [0.5, 0.6) is 0 Å². The quantitative estimate of drug-likeness (QED) is 0.669. The fourth-order valence-corrected chi connectivity index (χ4v) is 2.29. The number of nitrogens with one attached hydrogen (secondary N) is 2. The third-order valence-corrected chi connectivity index (χ3v) is 3.69. The maximum absolute atomic E-state index is 12.0. The summed E-state index contributed by atoms with van der Waals surface area (Å²) >= 11 is 0. The Morgan fingerprint density at radius 1 is 1.21 bits per heavy atom. The number of hydrogen-bond donors (Lipinski definition) is 3. The van der Waals surface area contributed by atoms with Crippen LogP contribution in [0.25, 0.3) is 0 Å². The van der Waals surface area contributed by atoms with E-state index in [0.717, 1.165) is 6.42 Å². The van der Waals surface area contributed by atoms with Gasteiger partial charge in [-0.1, -0.05) is 0 Å². The highest BCUT2D eigenvalue weighted by Crippen LogP contribution is 2.30. The second-order valence-corrected chi connectivity index (χ2v) is 5.01. The number of carbonyl (C=O) groups is 3. The first kappa shape index (κ1) is 11.9. The highest BCUT2D eigenvalue weighted by atomic mass is 16.2. The lowest BCUT2D eigenvalue weighted by atomic mass is 9.77. The molecule has 1 heterocycles. The third-order valence-electron chi connectivity index (χ3n) is 3.69. The van der Waals surface area contributed by atoms with Gasteiger partial charge in [0.15, 0.2) is 0 Å². The Labute approximate surface area is 109 Å². The molecule has 2 aliphatic rings. The highest BCUT2D eigenvalue weighted by molar-refractivity contribution is 6.22. The summed E-state index contributed by atoms with van der Waals surface area (Å²) < 4.78 is 0. The van der Waals surface area contributed by atoms with Gasteiger partial charge in [0.05, 0.1) is 16.7 Å². The van der Waals surface area contributed by atoms with Crippen molar-refractivity contribution >= 4 is 23.4 Å². The average molecular weight is 259 g/mol. The second kappa shape index (κ2) is 3.89. The zero-order valence-corrected chi connectivity index (χ0v) is 10.2. The van der Waals surface area contributed by atoms with Crippen LogP contribution in [-0.2, 0) is 4.79 Å². The summed E-state index contributed by atoms with van der Waals surface area (Å²) in [4.78, 5) is 34.9. The van der Waals surface area contributed by atoms with Crippen molar-refractivity contribution in [3.05, 3.63) is 29.3 Å². The van der Waals surface area contributed by atoms with Gasteiger partial charge in [-0.15, -0.1) is 0 Å². The molecule has 6 heteroatoms. The summed E-state index contributed by atoms with van der Waals surface area (Å²) in [6.07, 6.45) is 2.29. The first-order valence-corrected chi connectivity index (χ1v) is 6.10. The maximum atomic E-state index is 12.0. The normalized spacial score (nSPS) is 19.4. The van der Waals surface area contributed by atoms with Crippen molar-refractivity contribution in [2.24, 2.45) is 5.73 Å². The monoisotopic (exact) mass is 259 g/mol. The minimum absolute atomic E-state index is 0.247. The van der Waals surface area contributed by atoms with Gasteiger partial charge < -0.3 is 11.1 Å². The number of carbonyl (C=O) groups excluding carboxylic acids is 3. The number of anilines is 1. The molecule has 0 bridgehead atoms. The summed E-state index contributed by atoms with van der Waals surface area (Å²) in [5, 5.41) is 4.89. The fraction of sp³-hybridized carbons (Fsp3) is 0.308. The Kier molecular flexibility index (Phi) is 2.43. The predicted octanol–water partition coefficient (Wildman–Crippen LogP) is 0.390. The molecule has 0 radical (unpaired) electrons. The van der Waals surface area contributed by atoms with Crippen LogP contribution in [0.2, 0.25) is 0 Å². The van der Waals surface area contributed by atoms with Gasteiger partial charge in [-0.2, -0.15) is 0 Å². The van der Waals surface area contributed by atoms with E-state index in [4.69, 9.17) is 5.73 Å². The smallest absolute Gasteiger partial charge is 0.259 e. The minimum Gasteiger partial charge on any atom is -0.324 e. The summed E-state index contributed by atoms with van der Waals surface area (Å²) in [5.74, 6) is -1.10. The lowest BCUT2D eigenvalue weighted by Crippen LogP contribution is -2.56. The molecular weight excluding hydrogens is 246 g/mol. The van der Waals surface area contributed by atoms with E-state index in [1.807, 2.05) is 0 Å². The molecular formula is C13H13N3O3. The Morgan fingerprint density at radius 3 is 2.53 bits per heavy atom. The van der Waals surface area contributed by atoms with Crippen molar-refractivity contribution in [2.75, 3.05) is 5.32 Å². The van der Waals surface area contributed by atoms with Crippen molar-refractivity contribution in [3.8, 4) is 0 Å². The topological polar surface area (TPSA) is 101 Å². The van der Waals surface area contributed by atoms with Crippen molar-refractivity contribution in [2.45, 2.75) is 24.8 Å². The first-order chi connectivity index (χ1) is 8.99. The van der Waals surface area contributed by atoms with Gasteiger partial charge in [0, 0.05) is 5.69 Å². The van der Waals surface area contributed by atoms with Gasteiger partial charge in [-0.05, 0) is 37.5 Å². The molecule has 0 spiro atoms. The van der Waals surface area contributed by atoms with Gasteiger partial charge in [0.2, 0.25) is 5.91 Å².